The smallest absolute Gasteiger partial charge is 0.289 e. The number of benzene rings is 2. The maximum Gasteiger partial charge on any atom is 0.289 e. The van der Waals surface area contributed by atoms with Crippen LogP contribution in [0.2, 0.25) is 0 Å². The highest BCUT2D eigenvalue weighted by molar-refractivity contribution is 7.98. The zero-order valence-corrected chi connectivity index (χ0v) is 16.9. The van der Waals surface area contributed by atoms with Gasteiger partial charge in [-0.05, 0) is 43.2 Å². The highest BCUT2D eigenvalue weighted by Crippen LogP contribution is 2.33. The number of likely N-dealkylation sites (tertiary alicyclic amines) is 1. The van der Waals surface area contributed by atoms with Crippen molar-refractivity contribution in [1.29, 1.82) is 0 Å². The number of carbonyl (C=O) groups is 1. The lowest BCUT2D eigenvalue weighted by Crippen LogP contribution is -2.45. The van der Waals surface area contributed by atoms with E-state index in [9.17, 15) is 9.18 Å². The maximum atomic E-state index is 13.1. The molecule has 0 spiro atoms. The van der Waals surface area contributed by atoms with Crippen LogP contribution < -0.4 is 5.73 Å². The normalized spacial score (nSPS) is 16.8. The van der Waals surface area contributed by atoms with Crippen molar-refractivity contribution in [3.05, 3.63) is 65.7 Å². The van der Waals surface area contributed by atoms with Crippen molar-refractivity contribution in [2.24, 2.45) is 5.73 Å². The van der Waals surface area contributed by atoms with Crippen LogP contribution in [0.15, 0.2) is 57.8 Å². The molecule has 1 atom stereocenters. The Labute approximate surface area is 173 Å². The summed E-state index contributed by atoms with van der Waals surface area (Å²) in [7, 11) is 0. The maximum absolute atomic E-state index is 13.1. The Kier molecular flexibility index (Phi) is 6.65. The van der Waals surface area contributed by atoms with Crippen molar-refractivity contribution in [3.8, 4) is 0 Å². The topological polar surface area (TPSA) is 59.5 Å². The molecule has 148 valence electrons. The number of piperidine rings is 1. The molecule has 1 aliphatic heterocycles. The van der Waals surface area contributed by atoms with Crippen molar-refractivity contribution >= 4 is 41.0 Å². The molecule has 7 heteroatoms. The molecule has 28 heavy (non-hydrogen) atoms. The van der Waals surface area contributed by atoms with Crippen LogP contribution in [-0.4, -0.2) is 29.9 Å². The van der Waals surface area contributed by atoms with Gasteiger partial charge in [0.1, 0.15) is 11.4 Å². The van der Waals surface area contributed by atoms with Crippen LogP contribution in [0.25, 0.3) is 11.0 Å². The molecule has 0 saturated carbocycles. The summed E-state index contributed by atoms with van der Waals surface area (Å²) in [5, 5.41) is 0.941. The second kappa shape index (κ2) is 8.99. The van der Waals surface area contributed by atoms with Gasteiger partial charge in [0.15, 0.2) is 5.76 Å². The third-order valence-electron chi connectivity index (χ3n) is 4.83. The molecule has 3 aromatic rings. The number of hydrogen-bond donors (Lipinski definition) is 1. The molecule has 2 N–H and O–H groups in total. The summed E-state index contributed by atoms with van der Waals surface area (Å²) in [5.74, 6) is 0.602. The Morgan fingerprint density at radius 3 is 2.71 bits per heavy atom. The molecule has 4 rings (SSSR count). The fourth-order valence-corrected chi connectivity index (χ4v) is 4.37. The van der Waals surface area contributed by atoms with Crippen LogP contribution in [0, 0.1) is 5.82 Å². The SMILES string of the molecule is Cl.NC1CCCN(C(=O)c2oc3ccccc3c2CSc2ccc(F)cc2)C1. The average Bonchev–Trinajstić information content (AvgIpc) is 3.05. The van der Waals surface area contributed by atoms with E-state index in [0.29, 0.717) is 30.2 Å². The van der Waals surface area contributed by atoms with Gasteiger partial charge in [0.25, 0.3) is 5.91 Å². The Balaban J connectivity index is 0.00000225. The number of furan rings is 1. The molecule has 1 saturated heterocycles. The van der Waals surface area contributed by atoms with Crippen LogP contribution in [0.1, 0.15) is 29.0 Å². The minimum Gasteiger partial charge on any atom is -0.451 e. The van der Waals surface area contributed by atoms with Gasteiger partial charge < -0.3 is 15.1 Å². The molecule has 2 aromatic carbocycles. The van der Waals surface area contributed by atoms with Crippen molar-refractivity contribution in [3.63, 3.8) is 0 Å². The van der Waals surface area contributed by atoms with Crippen molar-refractivity contribution in [1.82, 2.24) is 4.90 Å². The Hall–Kier alpha value is -2.02. The van der Waals surface area contributed by atoms with Crippen LogP contribution in [0.4, 0.5) is 4.39 Å². The van der Waals surface area contributed by atoms with E-state index >= 15 is 0 Å². The van der Waals surface area contributed by atoms with E-state index in [1.165, 1.54) is 12.1 Å². The third kappa shape index (κ3) is 4.35. The van der Waals surface area contributed by atoms with E-state index in [-0.39, 0.29) is 30.2 Å². The van der Waals surface area contributed by atoms with E-state index in [0.717, 1.165) is 28.7 Å². The van der Waals surface area contributed by atoms with Gasteiger partial charge in [-0.3, -0.25) is 4.79 Å². The van der Waals surface area contributed by atoms with Crippen molar-refractivity contribution in [2.45, 2.75) is 29.5 Å². The highest BCUT2D eigenvalue weighted by Gasteiger charge is 2.28. The number of hydrogen-bond acceptors (Lipinski definition) is 4. The lowest BCUT2D eigenvalue weighted by atomic mass is 10.1. The van der Waals surface area contributed by atoms with E-state index in [1.54, 1.807) is 28.8 Å². The first-order valence-corrected chi connectivity index (χ1v) is 10.0. The van der Waals surface area contributed by atoms with Crippen LogP contribution in [0.3, 0.4) is 0 Å². The molecule has 0 radical (unpaired) electrons. The molecule has 2 heterocycles. The van der Waals surface area contributed by atoms with Gasteiger partial charge in [-0.25, -0.2) is 4.39 Å². The number of amides is 1. The quantitative estimate of drug-likeness (QED) is 0.613. The first-order valence-electron chi connectivity index (χ1n) is 9.05. The van der Waals surface area contributed by atoms with Gasteiger partial charge in [-0.2, -0.15) is 0 Å². The number of nitrogens with zero attached hydrogens (tertiary/aromatic N) is 1. The highest BCUT2D eigenvalue weighted by atomic mass is 35.5. The average molecular weight is 421 g/mol. The van der Waals surface area contributed by atoms with Gasteiger partial charge in [0.2, 0.25) is 0 Å². The van der Waals surface area contributed by atoms with Crippen LogP contribution in [-0.2, 0) is 5.75 Å². The van der Waals surface area contributed by atoms with Gasteiger partial charge in [0, 0.05) is 40.7 Å². The van der Waals surface area contributed by atoms with Crippen LogP contribution >= 0.6 is 24.2 Å². The Morgan fingerprint density at radius 2 is 1.96 bits per heavy atom. The molecular weight excluding hydrogens is 399 g/mol. The monoisotopic (exact) mass is 420 g/mol. The minimum atomic E-state index is -0.259. The lowest BCUT2D eigenvalue weighted by Gasteiger charge is -2.30. The standard InChI is InChI=1S/C21H21FN2O2S.ClH/c22-14-7-9-16(10-8-14)27-13-18-17-5-1-2-6-19(17)26-20(18)21(25)24-11-3-4-15(23)12-24;/h1-2,5-10,15H,3-4,11-13,23H2;1H. The molecular formula is C21H22ClFN2O2S. The zero-order chi connectivity index (χ0) is 18.8. The zero-order valence-electron chi connectivity index (χ0n) is 15.3. The Bertz CT molecular complexity index is 961. The first kappa shape index (κ1) is 20.7. The summed E-state index contributed by atoms with van der Waals surface area (Å²) in [6, 6.07) is 14.1. The second-order valence-corrected chi connectivity index (χ2v) is 7.85. The molecule has 0 aliphatic carbocycles. The first-order chi connectivity index (χ1) is 13.1. The molecule has 1 aromatic heterocycles. The summed E-state index contributed by atoms with van der Waals surface area (Å²) in [5.41, 5.74) is 7.63. The number of halogens is 2. The summed E-state index contributed by atoms with van der Waals surface area (Å²) in [4.78, 5) is 15.8. The predicted molar refractivity (Wildman–Crippen MR) is 113 cm³/mol. The fourth-order valence-electron chi connectivity index (χ4n) is 3.44. The second-order valence-electron chi connectivity index (χ2n) is 6.80. The largest absolute Gasteiger partial charge is 0.451 e. The number of para-hydroxylation sites is 1. The molecule has 1 amide bonds. The van der Waals surface area contributed by atoms with Gasteiger partial charge in [-0.15, -0.1) is 24.2 Å². The van der Waals surface area contributed by atoms with Gasteiger partial charge >= 0.3 is 0 Å². The molecule has 1 unspecified atom stereocenters. The summed E-state index contributed by atoms with van der Waals surface area (Å²) in [6.07, 6.45) is 1.85. The number of rotatable bonds is 4. The van der Waals surface area contributed by atoms with E-state index in [1.807, 2.05) is 24.3 Å². The van der Waals surface area contributed by atoms with E-state index in [2.05, 4.69) is 0 Å². The third-order valence-corrected chi connectivity index (χ3v) is 5.87. The summed E-state index contributed by atoms with van der Waals surface area (Å²) >= 11 is 1.56. The molecule has 1 aliphatic rings. The lowest BCUT2D eigenvalue weighted by molar-refractivity contribution is 0.0678. The molecule has 4 nitrogen and oxygen atoms in total. The minimum absolute atomic E-state index is 0. The molecule has 0 bridgehead atoms. The van der Waals surface area contributed by atoms with E-state index < -0.39 is 0 Å². The van der Waals surface area contributed by atoms with Crippen molar-refractivity contribution in [2.75, 3.05) is 13.1 Å². The predicted octanol–water partition coefficient (Wildman–Crippen LogP) is 4.85. The summed E-state index contributed by atoms with van der Waals surface area (Å²) < 4.78 is 19.1. The van der Waals surface area contributed by atoms with Gasteiger partial charge in [-0.1, -0.05) is 18.2 Å². The fraction of sp³-hybridized carbons (Fsp3) is 0.286. The number of thioether (sulfide) groups is 1. The molecule has 1 fully saturated rings. The van der Waals surface area contributed by atoms with Gasteiger partial charge in [0.05, 0.1) is 0 Å². The summed E-state index contributed by atoms with van der Waals surface area (Å²) in [6.45, 7) is 1.26. The van der Waals surface area contributed by atoms with Crippen molar-refractivity contribution < 1.29 is 13.6 Å². The number of nitrogens with two attached hydrogens (primary N) is 1. The number of carbonyl (C=O) groups excluding carboxylic acids is 1. The number of fused-ring (bicyclic) bond motifs is 1. The Morgan fingerprint density at radius 1 is 1.21 bits per heavy atom. The van der Waals surface area contributed by atoms with E-state index in [4.69, 9.17) is 10.2 Å². The van der Waals surface area contributed by atoms with Crippen LogP contribution in [0.5, 0.6) is 0 Å².